The Labute approximate surface area is 140 Å². The molecule has 0 aliphatic carbocycles. The number of anilines is 1. The van der Waals surface area contributed by atoms with Crippen molar-refractivity contribution in [3.63, 3.8) is 0 Å². The van der Waals surface area contributed by atoms with Gasteiger partial charge in [0.1, 0.15) is 5.82 Å². The SMILES string of the molecule is CCC(NC(=O)Nc1ccncc1)c1ncc(-c2ccccc2)[nH]1. The molecule has 24 heavy (non-hydrogen) atoms. The number of nitrogens with zero attached hydrogens (tertiary/aromatic N) is 2. The summed E-state index contributed by atoms with van der Waals surface area (Å²) in [6, 6.07) is 13.0. The van der Waals surface area contributed by atoms with Crippen molar-refractivity contribution in [3.8, 4) is 11.3 Å². The van der Waals surface area contributed by atoms with Crippen molar-refractivity contribution in [1.29, 1.82) is 0 Å². The normalized spacial score (nSPS) is 11.7. The highest BCUT2D eigenvalue weighted by Crippen LogP contribution is 2.20. The van der Waals surface area contributed by atoms with Crippen molar-refractivity contribution in [3.05, 3.63) is 66.9 Å². The van der Waals surface area contributed by atoms with E-state index in [0.29, 0.717) is 5.69 Å². The maximum atomic E-state index is 12.1. The summed E-state index contributed by atoms with van der Waals surface area (Å²) in [6.45, 7) is 2.00. The Morgan fingerprint density at radius 2 is 1.92 bits per heavy atom. The minimum absolute atomic E-state index is 0.190. The van der Waals surface area contributed by atoms with Crippen LogP contribution >= 0.6 is 0 Å². The van der Waals surface area contributed by atoms with Gasteiger partial charge in [0.25, 0.3) is 0 Å². The standard InChI is InChI=1S/C18H19N5O/c1-2-15(23-18(24)21-14-8-10-19-11-9-14)17-20-12-16(22-17)13-6-4-3-5-7-13/h3-12,15H,2H2,1H3,(H,20,22)(H2,19,21,23,24). The second-order valence-corrected chi connectivity index (χ2v) is 5.34. The molecule has 0 saturated heterocycles. The molecule has 122 valence electrons. The summed E-state index contributed by atoms with van der Waals surface area (Å²) in [4.78, 5) is 23.8. The molecule has 3 rings (SSSR count). The molecule has 2 amide bonds. The predicted molar refractivity (Wildman–Crippen MR) is 93.4 cm³/mol. The largest absolute Gasteiger partial charge is 0.340 e. The Balaban J connectivity index is 1.68. The smallest absolute Gasteiger partial charge is 0.319 e. The Bertz CT molecular complexity index is 785. The highest BCUT2D eigenvalue weighted by atomic mass is 16.2. The van der Waals surface area contributed by atoms with Gasteiger partial charge < -0.3 is 15.6 Å². The van der Waals surface area contributed by atoms with E-state index in [1.165, 1.54) is 0 Å². The molecule has 0 bridgehead atoms. The van der Waals surface area contributed by atoms with Gasteiger partial charge in [-0.05, 0) is 24.1 Å². The number of H-pyrrole nitrogens is 1. The lowest BCUT2D eigenvalue weighted by Crippen LogP contribution is -2.32. The van der Waals surface area contributed by atoms with E-state index in [2.05, 4.69) is 25.6 Å². The number of urea groups is 1. The fourth-order valence-corrected chi connectivity index (χ4v) is 2.40. The molecule has 3 aromatic rings. The van der Waals surface area contributed by atoms with Crippen molar-refractivity contribution in [2.75, 3.05) is 5.32 Å². The summed E-state index contributed by atoms with van der Waals surface area (Å²) >= 11 is 0. The molecule has 3 N–H and O–H groups in total. The van der Waals surface area contributed by atoms with Gasteiger partial charge in [-0.2, -0.15) is 0 Å². The molecule has 0 saturated carbocycles. The van der Waals surface area contributed by atoms with E-state index in [0.717, 1.165) is 23.5 Å². The van der Waals surface area contributed by atoms with Crippen LogP contribution < -0.4 is 10.6 Å². The van der Waals surface area contributed by atoms with Crippen LogP contribution in [0.5, 0.6) is 0 Å². The lowest BCUT2D eigenvalue weighted by molar-refractivity contribution is 0.247. The molecule has 1 unspecified atom stereocenters. The van der Waals surface area contributed by atoms with Crippen LogP contribution in [-0.4, -0.2) is 21.0 Å². The molecule has 0 aliphatic heterocycles. The van der Waals surface area contributed by atoms with E-state index < -0.39 is 0 Å². The highest BCUT2D eigenvalue weighted by Gasteiger charge is 2.16. The fraction of sp³-hybridized carbons (Fsp3) is 0.167. The number of pyridine rings is 1. The van der Waals surface area contributed by atoms with Crippen molar-refractivity contribution in [2.24, 2.45) is 0 Å². The summed E-state index contributed by atoms with van der Waals surface area (Å²) < 4.78 is 0. The van der Waals surface area contributed by atoms with Gasteiger partial charge in [0.2, 0.25) is 0 Å². The van der Waals surface area contributed by atoms with E-state index in [1.807, 2.05) is 37.3 Å². The van der Waals surface area contributed by atoms with E-state index in [4.69, 9.17) is 0 Å². The number of carbonyl (C=O) groups excluding carboxylic acids is 1. The third kappa shape index (κ3) is 3.78. The highest BCUT2D eigenvalue weighted by molar-refractivity contribution is 5.89. The Morgan fingerprint density at radius 3 is 2.62 bits per heavy atom. The average Bonchev–Trinajstić information content (AvgIpc) is 3.11. The number of imidazole rings is 1. The number of benzene rings is 1. The lowest BCUT2D eigenvalue weighted by Gasteiger charge is -2.15. The first-order chi connectivity index (χ1) is 11.8. The van der Waals surface area contributed by atoms with Gasteiger partial charge in [0.05, 0.1) is 17.9 Å². The first-order valence-electron chi connectivity index (χ1n) is 7.84. The third-order valence-corrected chi connectivity index (χ3v) is 3.66. The predicted octanol–water partition coefficient (Wildman–Crippen LogP) is 3.74. The molecule has 1 aromatic carbocycles. The summed E-state index contributed by atoms with van der Waals surface area (Å²) in [6.07, 6.45) is 5.78. The first-order valence-corrected chi connectivity index (χ1v) is 7.84. The molecule has 2 aromatic heterocycles. The van der Waals surface area contributed by atoms with Gasteiger partial charge in [-0.25, -0.2) is 9.78 Å². The second-order valence-electron chi connectivity index (χ2n) is 5.34. The fourth-order valence-electron chi connectivity index (χ4n) is 2.40. The molecule has 1 atom stereocenters. The summed E-state index contributed by atoms with van der Waals surface area (Å²) in [5.41, 5.74) is 2.69. The van der Waals surface area contributed by atoms with Gasteiger partial charge in [-0.1, -0.05) is 37.3 Å². The van der Waals surface area contributed by atoms with E-state index in [1.54, 1.807) is 30.7 Å². The topological polar surface area (TPSA) is 82.7 Å². The third-order valence-electron chi connectivity index (χ3n) is 3.66. The van der Waals surface area contributed by atoms with Gasteiger partial charge in [0.15, 0.2) is 0 Å². The number of nitrogens with one attached hydrogen (secondary N) is 3. The number of hydrogen-bond acceptors (Lipinski definition) is 3. The van der Waals surface area contributed by atoms with E-state index >= 15 is 0 Å². The average molecular weight is 321 g/mol. The van der Waals surface area contributed by atoms with Crippen LogP contribution in [0.3, 0.4) is 0 Å². The van der Waals surface area contributed by atoms with Crippen LogP contribution in [0.2, 0.25) is 0 Å². The summed E-state index contributed by atoms with van der Waals surface area (Å²) in [5, 5.41) is 5.72. The summed E-state index contributed by atoms with van der Waals surface area (Å²) in [7, 11) is 0. The van der Waals surface area contributed by atoms with E-state index in [9.17, 15) is 4.79 Å². The maximum absolute atomic E-state index is 12.1. The number of carbonyl (C=O) groups is 1. The van der Waals surface area contributed by atoms with E-state index in [-0.39, 0.29) is 12.1 Å². The van der Waals surface area contributed by atoms with Gasteiger partial charge in [0, 0.05) is 18.1 Å². The first kappa shape index (κ1) is 15.7. The molecular weight excluding hydrogens is 302 g/mol. The Hall–Kier alpha value is -3.15. The van der Waals surface area contributed by atoms with Crippen LogP contribution in [0.15, 0.2) is 61.1 Å². The zero-order valence-corrected chi connectivity index (χ0v) is 13.4. The van der Waals surface area contributed by atoms with Crippen LogP contribution in [0.25, 0.3) is 11.3 Å². The van der Waals surface area contributed by atoms with Gasteiger partial charge >= 0.3 is 6.03 Å². The minimum Gasteiger partial charge on any atom is -0.340 e. The zero-order valence-electron chi connectivity index (χ0n) is 13.4. The number of hydrogen-bond donors (Lipinski definition) is 3. The van der Waals surface area contributed by atoms with Crippen LogP contribution in [0.4, 0.5) is 10.5 Å². The van der Waals surface area contributed by atoms with Crippen LogP contribution in [-0.2, 0) is 0 Å². The molecule has 2 heterocycles. The number of aromatic amines is 1. The Morgan fingerprint density at radius 1 is 1.17 bits per heavy atom. The zero-order chi connectivity index (χ0) is 16.8. The second kappa shape index (κ2) is 7.41. The quantitative estimate of drug-likeness (QED) is 0.669. The van der Waals surface area contributed by atoms with Crippen LogP contribution in [0.1, 0.15) is 25.2 Å². The number of aromatic nitrogens is 3. The van der Waals surface area contributed by atoms with Crippen LogP contribution in [0, 0.1) is 0 Å². The van der Waals surface area contributed by atoms with Crippen molar-refractivity contribution in [2.45, 2.75) is 19.4 Å². The number of rotatable bonds is 5. The number of amides is 2. The molecule has 0 aliphatic rings. The molecule has 0 spiro atoms. The maximum Gasteiger partial charge on any atom is 0.319 e. The lowest BCUT2D eigenvalue weighted by atomic mass is 10.2. The van der Waals surface area contributed by atoms with Gasteiger partial charge in [-0.3, -0.25) is 4.98 Å². The minimum atomic E-state index is -0.272. The monoisotopic (exact) mass is 321 g/mol. The van der Waals surface area contributed by atoms with Gasteiger partial charge in [-0.15, -0.1) is 0 Å². The molecule has 6 heteroatoms. The molecular formula is C18H19N5O. The van der Waals surface area contributed by atoms with Crippen molar-refractivity contribution >= 4 is 11.7 Å². The van der Waals surface area contributed by atoms with Crippen molar-refractivity contribution in [1.82, 2.24) is 20.3 Å². The Kier molecular flexibility index (Phi) is 4.86. The molecule has 0 radical (unpaired) electrons. The molecule has 0 fully saturated rings. The molecule has 6 nitrogen and oxygen atoms in total. The van der Waals surface area contributed by atoms with Crippen molar-refractivity contribution < 1.29 is 4.79 Å². The summed E-state index contributed by atoms with van der Waals surface area (Å²) in [5.74, 6) is 0.737.